The molecule has 0 atom stereocenters. The predicted octanol–water partition coefficient (Wildman–Crippen LogP) is 5.28. The molecular formula is C25H35F3N6O. The fraction of sp³-hybridized carbons (Fsp3) is 0.560. The van der Waals surface area contributed by atoms with Crippen LogP contribution in [0.15, 0.2) is 30.5 Å². The zero-order valence-corrected chi connectivity index (χ0v) is 20.8. The molecule has 0 bridgehead atoms. The quantitative estimate of drug-likeness (QED) is 0.416. The van der Waals surface area contributed by atoms with Crippen LogP contribution in [0.1, 0.15) is 58.1 Å². The fourth-order valence-electron chi connectivity index (χ4n) is 4.20. The average Bonchev–Trinajstić information content (AvgIpc) is 3.19. The van der Waals surface area contributed by atoms with Crippen molar-refractivity contribution < 1.29 is 18.0 Å². The minimum Gasteiger partial charge on any atom is -0.369 e. The second-order valence-electron chi connectivity index (χ2n) is 9.40. The molecule has 2 N–H and O–H groups in total. The number of benzene rings is 1. The maximum atomic E-state index is 13.5. The maximum absolute atomic E-state index is 13.5. The topological polar surface area (TPSA) is 73.4 Å². The van der Waals surface area contributed by atoms with E-state index in [-0.39, 0.29) is 24.2 Å². The van der Waals surface area contributed by atoms with Gasteiger partial charge in [-0.1, -0.05) is 12.1 Å². The molecule has 0 unspecified atom stereocenters. The van der Waals surface area contributed by atoms with E-state index in [0.29, 0.717) is 43.7 Å². The minimum atomic E-state index is -4.58. The highest BCUT2D eigenvalue weighted by Crippen LogP contribution is 2.34. The smallest absolute Gasteiger partial charge is 0.369 e. The van der Waals surface area contributed by atoms with Crippen LogP contribution in [0.2, 0.25) is 0 Å². The van der Waals surface area contributed by atoms with Crippen molar-refractivity contribution in [3.8, 4) is 0 Å². The first-order chi connectivity index (χ1) is 16.5. The molecule has 1 aromatic carbocycles. The highest BCUT2D eigenvalue weighted by Gasteiger charge is 2.35. The van der Waals surface area contributed by atoms with E-state index in [2.05, 4.69) is 53.2 Å². The van der Waals surface area contributed by atoms with Gasteiger partial charge in [0.05, 0.1) is 0 Å². The Morgan fingerprint density at radius 3 is 2.37 bits per heavy atom. The number of rotatable bonds is 11. The largest absolute Gasteiger partial charge is 0.421 e. The summed E-state index contributed by atoms with van der Waals surface area (Å²) in [7, 11) is 0. The van der Waals surface area contributed by atoms with Crippen LogP contribution in [-0.4, -0.2) is 57.4 Å². The van der Waals surface area contributed by atoms with Crippen molar-refractivity contribution >= 4 is 23.4 Å². The molecule has 1 aliphatic heterocycles. The summed E-state index contributed by atoms with van der Waals surface area (Å²) >= 11 is 0. The van der Waals surface area contributed by atoms with E-state index in [4.69, 9.17) is 0 Å². The molecule has 0 radical (unpaired) electrons. The number of amides is 1. The first kappa shape index (κ1) is 26.7. The number of nitrogens with one attached hydrogen (secondary N) is 2. The lowest BCUT2D eigenvalue weighted by Crippen LogP contribution is -2.36. The van der Waals surface area contributed by atoms with Crippen LogP contribution >= 0.6 is 0 Å². The summed E-state index contributed by atoms with van der Waals surface area (Å²) in [5.41, 5.74) is 0.913. The Kier molecular flexibility index (Phi) is 8.93. The average molecular weight is 493 g/mol. The van der Waals surface area contributed by atoms with Crippen LogP contribution in [0, 0.1) is 0 Å². The molecule has 0 aliphatic carbocycles. The Balaban J connectivity index is 1.65. The predicted molar refractivity (Wildman–Crippen MR) is 131 cm³/mol. The van der Waals surface area contributed by atoms with E-state index in [1.54, 1.807) is 4.90 Å². The van der Waals surface area contributed by atoms with Gasteiger partial charge in [-0.25, -0.2) is 4.98 Å². The van der Waals surface area contributed by atoms with Gasteiger partial charge in [0.1, 0.15) is 11.4 Å². The lowest BCUT2D eigenvalue weighted by Gasteiger charge is -2.30. The van der Waals surface area contributed by atoms with Crippen molar-refractivity contribution in [1.29, 1.82) is 0 Å². The Hall–Kier alpha value is -2.88. The zero-order valence-electron chi connectivity index (χ0n) is 20.8. The van der Waals surface area contributed by atoms with E-state index in [9.17, 15) is 18.0 Å². The molecule has 35 heavy (non-hydrogen) atoms. The number of carbonyl (C=O) groups excluding carboxylic acids is 1. The SMILES string of the molecule is CC(C)N(Cc1ccc(Nc2ncc(C(F)(F)F)c(NCCCN3CCCC3=O)n2)cc1)C(C)C. The molecule has 7 nitrogen and oxygen atoms in total. The number of aromatic nitrogens is 2. The van der Waals surface area contributed by atoms with Crippen LogP contribution < -0.4 is 10.6 Å². The number of carbonyl (C=O) groups is 1. The third-order valence-corrected chi connectivity index (χ3v) is 6.06. The summed E-state index contributed by atoms with van der Waals surface area (Å²) in [6, 6.07) is 8.54. The van der Waals surface area contributed by atoms with E-state index in [1.807, 2.05) is 24.3 Å². The Morgan fingerprint density at radius 2 is 1.80 bits per heavy atom. The van der Waals surface area contributed by atoms with Crippen molar-refractivity contribution in [2.24, 2.45) is 0 Å². The van der Waals surface area contributed by atoms with Crippen molar-refractivity contribution in [3.05, 3.63) is 41.6 Å². The van der Waals surface area contributed by atoms with Gasteiger partial charge < -0.3 is 15.5 Å². The summed E-state index contributed by atoms with van der Waals surface area (Å²) in [5.74, 6) is -0.0977. The number of likely N-dealkylation sites (tertiary alicyclic amines) is 1. The number of halogens is 3. The zero-order chi connectivity index (χ0) is 25.6. The van der Waals surface area contributed by atoms with Gasteiger partial charge in [-0.2, -0.15) is 18.2 Å². The van der Waals surface area contributed by atoms with E-state index in [0.717, 1.165) is 24.7 Å². The number of nitrogens with zero attached hydrogens (tertiary/aromatic N) is 4. The van der Waals surface area contributed by atoms with Gasteiger partial charge in [0, 0.05) is 56.6 Å². The van der Waals surface area contributed by atoms with Crippen LogP contribution in [0.25, 0.3) is 0 Å². The first-order valence-electron chi connectivity index (χ1n) is 12.1. The second-order valence-corrected chi connectivity index (χ2v) is 9.40. The lowest BCUT2D eigenvalue weighted by atomic mass is 10.1. The molecule has 1 fully saturated rings. The minimum absolute atomic E-state index is 0.0777. The van der Waals surface area contributed by atoms with Crippen LogP contribution in [0.5, 0.6) is 0 Å². The fourth-order valence-corrected chi connectivity index (χ4v) is 4.20. The van der Waals surface area contributed by atoms with Crippen molar-refractivity contribution in [2.45, 2.75) is 71.8 Å². The van der Waals surface area contributed by atoms with Crippen LogP contribution in [0.3, 0.4) is 0 Å². The van der Waals surface area contributed by atoms with Crippen LogP contribution in [-0.2, 0) is 17.5 Å². The van der Waals surface area contributed by atoms with E-state index in [1.165, 1.54) is 0 Å². The lowest BCUT2D eigenvalue weighted by molar-refractivity contribution is -0.137. The summed E-state index contributed by atoms with van der Waals surface area (Å²) in [5, 5.41) is 5.78. The third kappa shape index (κ3) is 7.55. The molecule has 2 heterocycles. The van der Waals surface area contributed by atoms with E-state index < -0.39 is 11.7 Å². The van der Waals surface area contributed by atoms with Gasteiger partial charge in [0.15, 0.2) is 0 Å². The molecular weight excluding hydrogens is 457 g/mol. The summed E-state index contributed by atoms with van der Waals surface area (Å²) < 4.78 is 40.4. The van der Waals surface area contributed by atoms with Gasteiger partial charge >= 0.3 is 6.18 Å². The molecule has 0 spiro atoms. The number of hydrogen-bond acceptors (Lipinski definition) is 6. The van der Waals surface area contributed by atoms with Gasteiger partial charge in [0.2, 0.25) is 11.9 Å². The number of anilines is 3. The van der Waals surface area contributed by atoms with Gasteiger partial charge in [-0.05, 0) is 58.2 Å². The molecule has 1 saturated heterocycles. The molecule has 0 saturated carbocycles. The third-order valence-electron chi connectivity index (χ3n) is 6.06. The molecule has 2 aromatic rings. The standard InChI is InChI=1S/C25H35F3N6O/c1-17(2)34(18(3)4)16-19-8-10-20(11-9-19)31-24-30-15-21(25(26,27)28)23(32-24)29-12-6-14-33-13-5-7-22(33)35/h8-11,15,17-18H,5-7,12-14,16H2,1-4H3,(H2,29,30,31,32). The molecule has 1 aromatic heterocycles. The van der Waals surface area contributed by atoms with Gasteiger partial charge in [0.25, 0.3) is 0 Å². The molecule has 3 rings (SSSR count). The van der Waals surface area contributed by atoms with Crippen molar-refractivity contribution in [2.75, 3.05) is 30.3 Å². The molecule has 1 aliphatic rings. The highest BCUT2D eigenvalue weighted by atomic mass is 19.4. The number of hydrogen-bond donors (Lipinski definition) is 2. The maximum Gasteiger partial charge on any atom is 0.421 e. The monoisotopic (exact) mass is 492 g/mol. The highest BCUT2D eigenvalue weighted by molar-refractivity contribution is 5.78. The Labute approximate surface area is 205 Å². The summed E-state index contributed by atoms with van der Waals surface area (Å²) in [6.45, 7) is 10.9. The van der Waals surface area contributed by atoms with Gasteiger partial charge in [-0.15, -0.1) is 0 Å². The molecule has 1 amide bonds. The number of alkyl halides is 3. The van der Waals surface area contributed by atoms with Crippen molar-refractivity contribution in [3.63, 3.8) is 0 Å². The van der Waals surface area contributed by atoms with E-state index >= 15 is 0 Å². The normalized spacial score (nSPS) is 14.5. The summed E-state index contributed by atoms with van der Waals surface area (Å²) in [6.07, 6.45) is -1.88. The second kappa shape index (κ2) is 11.7. The Bertz CT molecular complexity index is 970. The van der Waals surface area contributed by atoms with Crippen molar-refractivity contribution in [1.82, 2.24) is 19.8 Å². The summed E-state index contributed by atoms with van der Waals surface area (Å²) in [4.78, 5) is 23.8. The molecule has 10 heteroatoms. The Morgan fingerprint density at radius 1 is 1.11 bits per heavy atom. The first-order valence-corrected chi connectivity index (χ1v) is 12.1. The van der Waals surface area contributed by atoms with Gasteiger partial charge in [-0.3, -0.25) is 9.69 Å². The molecule has 192 valence electrons. The van der Waals surface area contributed by atoms with Crippen LogP contribution in [0.4, 0.5) is 30.6 Å².